The molecule has 0 saturated carbocycles. The third-order valence-electron chi connectivity index (χ3n) is 4.07. The van der Waals surface area contributed by atoms with E-state index in [1.54, 1.807) is 7.11 Å². The molecule has 1 atom stereocenters. The first-order chi connectivity index (χ1) is 10.2. The van der Waals surface area contributed by atoms with E-state index in [0.717, 1.165) is 43.5 Å². The van der Waals surface area contributed by atoms with Crippen molar-refractivity contribution in [1.82, 2.24) is 4.90 Å². The molecule has 0 bridgehead atoms. The van der Waals surface area contributed by atoms with E-state index in [0.29, 0.717) is 5.75 Å². The molecule has 1 fully saturated rings. The van der Waals surface area contributed by atoms with Crippen molar-refractivity contribution in [3.05, 3.63) is 29.3 Å². The van der Waals surface area contributed by atoms with Gasteiger partial charge in [-0.2, -0.15) is 5.26 Å². The van der Waals surface area contributed by atoms with Gasteiger partial charge in [-0.1, -0.05) is 19.1 Å². The Morgan fingerprint density at radius 2 is 2.14 bits per heavy atom. The number of nitrogens with zero attached hydrogens (tertiary/aromatic N) is 2. The number of hydrogen-bond donors (Lipinski definition) is 0. The predicted molar refractivity (Wildman–Crippen MR) is 81.2 cm³/mol. The Labute approximate surface area is 126 Å². The Balaban J connectivity index is 2.20. The van der Waals surface area contributed by atoms with Gasteiger partial charge in [0.2, 0.25) is 5.91 Å². The molecule has 1 heterocycles. The van der Waals surface area contributed by atoms with Crippen molar-refractivity contribution in [3.63, 3.8) is 0 Å². The van der Waals surface area contributed by atoms with Gasteiger partial charge in [-0.25, -0.2) is 0 Å². The van der Waals surface area contributed by atoms with Crippen molar-refractivity contribution in [2.75, 3.05) is 20.2 Å². The molecule has 1 unspecified atom stereocenters. The second-order valence-corrected chi connectivity index (χ2v) is 5.40. The highest BCUT2D eigenvalue weighted by molar-refractivity contribution is 5.78. The van der Waals surface area contributed by atoms with Crippen LogP contribution < -0.4 is 4.74 Å². The van der Waals surface area contributed by atoms with Crippen molar-refractivity contribution in [1.29, 1.82) is 5.26 Å². The molecule has 1 aromatic rings. The van der Waals surface area contributed by atoms with E-state index < -0.39 is 5.92 Å². The monoisotopic (exact) mass is 286 g/mol. The molecule has 0 N–H and O–H groups in total. The molecule has 112 valence electrons. The maximum atomic E-state index is 12.3. The summed E-state index contributed by atoms with van der Waals surface area (Å²) >= 11 is 0. The van der Waals surface area contributed by atoms with Crippen LogP contribution in [0.1, 0.15) is 43.2 Å². The molecule has 1 amide bonds. The van der Waals surface area contributed by atoms with Crippen molar-refractivity contribution in [2.24, 2.45) is 0 Å². The molecule has 1 aliphatic heterocycles. The van der Waals surface area contributed by atoms with Gasteiger partial charge >= 0.3 is 0 Å². The molecule has 1 aromatic carbocycles. The van der Waals surface area contributed by atoms with Crippen LogP contribution >= 0.6 is 0 Å². The number of nitriles is 1. The molecular formula is C17H22N2O2. The zero-order valence-electron chi connectivity index (χ0n) is 12.8. The molecule has 0 spiro atoms. The van der Waals surface area contributed by atoms with Crippen LogP contribution in [0.4, 0.5) is 0 Å². The van der Waals surface area contributed by atoms with Crippen LogP contribution in [0.15, 0.2) is 18.2 Å². The number of ether oxygens (including phenoxy) is 1. The minimum atomic E-state index is -0.445. The normalized spacial score (nSPS) is 15.6. The first-order valence-corrected chi connectivity index (χ1v) is 7.53. The van der Waals surface area contributed by atoms with Gasteiger partial charge in [0.15, 0.2) is 0 Å². The van der Waals surface area contributed by atoms with E-state index in [1.807, 2.05) is 23.1 Å². The zero-order valence-corrected chi connectivity index (χ0v) is 12.8. The number of likely N-dealkylation sites (tertiary alicyclic amines) is 1. The largest absolute Gasteiger partial charge is 0.496 e. The van der Waals surface area contributed by atoms with E-state index in [-0.39, 0.29) is 12.3 Å². The number of hydrogen-bond acceptors (Lipinski definition) is 3. The highest BCUT2D eigenvalue weighted by Gasteiger charge is 2.24. The Bertz CT molecular complexity index is 542. The third-order valence-corrected chi connectivity index (χ3v) is 4.07. The van der Waals surface area contributed by atoms with Crippen LogP contribution in [0.25, 0.3) is 0 Å². The fraction of sp³-hybridized carbons (Fsp3) is 0.529. The Kier molecular flexibility index (Phi) is 5.21. The standard InChI is InChI=1S/C17H22N2O2/c1-3-13-6-7-16(21-2)15(10-13)14(12-18)11-17(20)19-8-4-5-9-19/h6-7,10,14H,3-5,8-9,11H2,1-2H3. The summed E-state index contributed by atoms with van der Waals surface area (Å²) in [6, 6.07) is 8.15. The van der Waals surface area contributed by atoms with E-state index in [9.17, 15) is 10.1 Å². The zero-order chi connectivity index (χ0) is 15.2. The summed E-state index contributed by atoms with van der Waals surface area (Å²) in [6.07, 6.45) is 3.27. The second-order valence-electron chi connectivity index (χ2n) is 5.40. The Hall–Kier alpha value is -2.02. The van der Waals surface area contributed by atoms with Crippen LogP contribution in [0, 0.1) is 11.3 Å². The summed E-state index contributed by atoms with van der Waals surface area (Å²) in [6.45, 7) is 3.72. The van der Waals surface area contributed by atoms with E-state index in [4.69, 9.17) is 4.74 Å². The molecule has 1 saturated heterocycles. The summed E-state index contributed by atoms with van der Waals surface area (Å²) in [5, 5.41) is 9.48. The molecule has 4 nitrogen and oxygen atoms in total. The Morgan fingerprint density at radius 3 is 2.71 bits per heavy atom. The number of carbonyl (C=O) groups is 1. The predicted octanol–water partition coefficient (Wildman–Crippen LogP) is 2.88. The smallest absolute Gasteiger partial charge is 0.224 e. The summed E-state index contributed by atoms with van der Waals surface area (Å²) < 4.78 is 5.36. The van der Waals surface area contributed by atoms with E-state index in [2.05, 4.69) is 13.0 Å². The van der Waals surface area contributed by atoms with Gasteiger partial charge in [-0.05, 0) is 30.9 Å². The molecule has 1 aliphatic rings. The first kappa shape index (κ1) is 15.4. The quantitative estimate of drug-likeness (QED) is 0.836. The summed E-state index contributed by atoms with van der Waals surface area (Å²) in [7, 11) is 1.60. The fourth-order valence-electron chi connectivity index (χ4n) is 2.77. The number of rotatable bonds is 5. The van der Waals surface area contributed by atoms with Gasteiger partial charge in [-0.15, -0.1) is 0 Å². The van der Waals surface area contributed by atoms with Crippen molar-refractivity contribution in [2.45, 2.75) is 38.5 Å². The topological polar surface area (TPSA) is 53.3 Å². The molecule has 21 heavy (non-hydrogen) atoms. The van der Waals surface area contributed by atoms with Crippen LogP contribution in [-0.2, 0) is 11.2 Å². The molecule has 0 aliphatic carbocycles. The summed E-state index contributed by atoms with van der Waals surface area (Å²) in [5.74, 6) is 0.315. The molecule has 0 radical (unpaired) electrons. The third kappa shape index (κ3) is 3.55. The number of aryl methyl sites for hydroxylation is 1. The second kappa shape index (κ2) is 7.12. The van der Waals surface area contributed by atoms with Crippen LogP contribution in [0.5, 0.6) is 5.75 Å². The molecule has 4 heteroatoms. The van der Waals surface area contributed by atoms with Gasteiger partial charge < -0.3 is 9.64 Å². The highest BCUT2D eigenvalue weighted by Crippen LogP contribution is 2.30. The lowest BCUT2D eigenvalue weighted by Crippen LogP contribution is -2.28. The molecule has 0 aromatic heterocycles. The van der Waals surface area contributed by atoms with Crippen molar-refractivity contribution >= 4 is 5.91 Å². The molecule has 2 rings (SSSR count). The van der Waals surface area contributed by atoms with E-state index >= 15 is 0 Å². The van der Waals surface area contributed by atoms with Gasteiger partial charge in [0.1, 0.15) is 5.75 Å². The van der Waals surface area contributed by atoms with Gasteiger partial charge in [0.25, 0.3) is 0 Å². The lowest BCUT2D eigenvalue weighted by atomic mass is 9.93. The number of carbonyl (C=O) groups excluding carboxylic acids is 1. The minimum Gasteiger partial charge on any atom is -0.496 e. The SMILES string of the molecule is CCc1ccc(OC)c(C(C#N)CC(=O)N2CCCC2)c1. The summed E-state index contributed by atoms with van der Waals surface area (Å²) in [5.41, 5.74) is 1.98. The number of amides is 1. The average molecular weight is 286 g/mol. The van der Waals surface area contributed by atoms with Gasteiger partial charge in [-0.3, -0.25) is 4.79 Å². The summed E-state index contributed by atoms with van der Waals surface area (Å²) in [4.78, 5) is 14.1. The van der Waals surface area contributed by atoms with Crippen molar-refractivity contribution in [3.8, 4) is 11.8 Å². The van der Waals surface area contributed by atoms with Crippen LogP contribution in [0.2, 0.25) is 0 Å². The van der Waals surface area contributed by atoms with Gasteiger partial charge in [0, 0.05) is 25.1 Å². The van der Waals surface area contributed by atoms with Crippen molar-refractivity contribution < 1.29 is 9.53 Å². The first-order valence-electron chi connectivity index (χ1n) is 7.53. The maximum Gasteiger partial charge on any atom is 0.224 e. The number of methoxy groups -OCH3 is 1. The number of benzene rings is 1. The van der Waals surface area contributed by atoms with Crippen LogP contribution in [-0.4, -0.2) is 31.0 Å². The van der Waals surface area contributed by atoms with Crippen LogP contribution in [0.3, 0.4) is 0 Å². The fourth-order valence-corrected chi connectivity index (χ4v) is 2.77. The Morgan fingerprint density at radius 1 is 1.43 bits per heavy atom. The lowest BCUT2D eigenvalue weighted by Gasteiger charge is -2.19. The average Bonchev–Trinajstić information content (AvgIpc) is 3.06. The van der Waals surface area contributed by atoms with E-state index in [1.165, 1.54) is 0 Å². The highest BCUT2D eigenvalue weighted by atomic mass is 16.5. The lowest BCUT2D eigenvalue weighted by molar-refractivity contribution is -0.130. The minimum absolute atomic E-state index is 0.0722. The molecular weight excluding hydrogens is 264 g/mol. The van der Waals surface area contributed by atoms with Gasteiger partial charge in [0.05, 0.1) is 19.1 Å². The maximum absolute atomic E-state index is 12.3.